The van der Waals surface area contributed by atoms with Crippen LogP contribution in [0.1, 0.15) is 23.2 Å². The first-order chi connectivity index (χ1) is 9.65. The standard InChI is InChI=1S/C14H16INO4/c15-11-5-3-10(4-6-11)14(18)20-9-13(17)16-8-12-2-1-7-19-12/h3-6,12H,1-2,7-9H2,(H,16,17). The van der Waals surface area contributed by atoms with Crippen LogP contribution in [0.5, 0.6) is 0 Å². The molecule has 1 unspecified atom stereocenters. The van der Waals surface area contributed by atoms with Crippen LogP contribution in [0.15, 0.2) is 24.3 Å². The molecule has 0 radical (unpaired) electrons. The fraction of sp³-hybridized carbons (Fsp3) is 0.429. The van der Waals surface area contributed by atoms with E-state index in [0.717, 1.165) is 23.0 Å². The summed E-state index contributed by atoms with van der Waals surface area (Å²) in [6.07, 6.45) is 2.08. The van der Waals surface area contributed by atoms with Crippen LogP contribution in [-0.2, 0) is 14.3 Å². The molecular weight excluding hydrogens is 373 g/mol. The van der Waals surface area contributed by atoms with E-state index in [1.54, 1.807) is 12.1 Å². The second-order valence-electron chi connectivity index (χ2n) is 4.52. The molecule has 108 valence electrons. The number of hydrogen-bond acceptors (Lipinski definition) is 4. The zero-order valence-corrected chi connectivity index (χ0v) is 13.1. The van der Waals surface area contributed by atoms with Gasteiger partial charge in [-0.1, -0.05) is 0 Å². The third kappa shape index (κ3) is 4.75. The average Bonchev–Trinajstić information content (AvgIpc) is 2.96. The maximum Gasteiger partial charge on any atom is 0.338 e. The van der Waals surface area contributed by atoms with Gasteiger partial charge in [-0.3, -0.25) is 4.79 Å². The predicted molar refractivity (Wildman–Crippen MR) is 81.4 cm³/mol. The SMILES string of the molecule is O=C(COC(=O)c1ccc(I)cc1)NCC1CCCO1. The van der Waals surface area contributed by atoms with Gasteiger partial charge in [-0.05, 0) is 59.7 Å². The van der Waals surface area contributed by atoms with Crippen molar-refractivity contribution >= 4 is 34.5 Å². The normalized spacial score (nSPS) is 17.8. The van der Waals surface area contributed by atoms with Crippen LogP contribution >= 0.6 is 22.6 Å². The van der Waals surface area contributed by atoms with Crippen molar-refractivity contribution in [2.75, 3.05) is 19.8 Å². The zero-order valence-electron chi connectivity index (χ0n) is 10.9. The van der Waals surface area contributed by atoms with Gasteiger partial charge in [0.2, 0.25) is 0 Å². The molecular formula is C14H16INO4. The summed E-state index contributed by atoms with van der Waals surface area (Å²) in [4.78, 5) is 23.2. The first-order valence-electron chi connectivity index (χ1n) is 6.46. The number of carbonyl (C=O) groups excluding carboxylic acids is 2. The van der Waals surface area contributed by atoms with Gasteiger partial charge in [0.25, 0.3) is 5.91 Å². The van der Waals surface area contributed by atoms with Crippen LogP contribution in [0.4, 0.5) is 0 Å². The van der Waals surface area contributed by atoms with Crippen molar-refractivity contribution in [2.24, 2.45) is 0 Å². The molecule has 0 aliphatic carbocycles. The Morgan fingerprint density at radius 1 is 1.35 bits per heavy atom. The van der Waals surface area contributed by atoms with Crippen LogP contribution in [0.3, 0.4) is 0 Å². The Morgan fingerprint density at radius 2 is 2.10 bits per heavy atom. The molecule has 1 aromatic rings. The molecule has 0 aromatic heterocycles. The lowest BCUT2D eigenvalue weighted by Gasteiger charge is -2.10. The minimum Gasteiger partial charge on any atom is -0.452 e. The minimum absolute atomic E-state index is 0.0888. The maximum absolute atomic E-state index is 11.7. The number of amides is 1. The van der Waals surface area contributed by atoms with Crippen molar-refractivity contribution in [3.05, 3.63) is 33.4 Å². The molecule has 5 nitrogen and oxygen atoms in total. The van der Waals surface area contributed by atoms with E-state index < -0.39 is 5.97 Å². The predicted octanol–water partition coefficient (Wildman–Crippen LogP) is 1.74. The van der Waals surface area contributed by atoms with E-state index in [0.29, 0.717) is 12.1 Å². The monoisotopic (exact) mass is 389 g/mol. The highest BCUT2D eigenvalue weighted by atomic mass is 127. The van der Waals surface area contributed by atoms with Crippen LogP contribution in [0.25, 0.3) is 0 Å². The molecule has 1 aromatic carbocycles. The number of nitrogens with one attached hydrogen (secondary N) is 1. The van der Waals surface area contributed by atoms with Gasteiger partial charge in [0.15, 0.2) is 6.61 Å². The van der Waals surface area contributed by atoms with Crippen molar-refractivity contribution in [1.29, 1.82) is 0 Å². The highest BCUT2D eigenvalue weighted by molar-refractivity contribution is 14.1. The van der Waals surface area contributed by atoms with Crippen molar-refractivity contribution in [3.8, 4) is 0 Å². The molecule has 1 amide bonds. The molecule has 0 spiro atoms. The van der Waals surface area contributed by atoms with E-state index in [9.17, 15) is 9.59 Å². The summed E-state index contributed by atoms with van der Waals surface area (Å²) in [5, 5.41) is 2.70. The number of benzene rings is 1. The molecule has 1 saturated heterocycles. The van der Waals surface area contributed by atoms with Crippen LogP contribution in [0, 0.1) is 3.57 Å². The minimum atomic E-state index is -0.492. The van der Waals surface area contributed by atoms with Gasteiger partial charge in [-0.15, -0.1) is 0 Å². The summed E-state index contributed by atoms with van der Waals surface area (Å²) in [5.41, 5.74) is 0.442. The topological polar surface area (TPSA) is 64.6 Å². The fourth-order valence-electron chi connectivity index (χ4n) is 1.88. The van der Waals surface area contributed by atoms with Crippen LogP contribution in [-0.4, -0.2) is 37.7 Å². The smallest absolute Gasteiger partial charge is 0.338 e. The van der Waals surface area contributed by atoms with Crippen molar-refractivity contribution in [3.63, 3.8) is 0 Å². The van der Waals surface area contributed by atoms with E-state index in [1.807, 2.05) is 12.1 Å². The second-order valence-corrected chi connectivity index (χ2v) is 5.77. The van der Waals surface area contributed by atoms with Gasteiger partial charge in [0.05, 0.1) is 11.7 Å². The molecule has 2 rings (SSSR count). The van der Waals surface area contributed by atoms with Gasteiger partial charge in [-0.2, -0.15) is 0 Å². The molecule has 1 aliphatic heterocycles. The summed E-state index contributed by atoms with van der Waals surface area (Å²) in [5.74, 6) is -0.798. The third-order valence-electron chi connectivity index (χ3n) is 2.97. The van der Waals surface area contributed by atoms with Crippen LogP contribution < -0.4 is 5.32 Å². The summed E-state index contributed by atoms with van der Waals surface area (Å²) in [6.45, 7) is 0.958. The van der Waals surface area contributed by atoms with Crippen molar-refractivity contribution < 1.29 is 19.1 Å². The Hall–Kier alpha value is -1.15. The molecule has 1 aliphatic rings. The van der Waals surface area contributed by atoms with Gasteiger partial charge in [0.1, 0.15) is 0 Å². The summed E-state index contributed by atoms with van der Waals surface area (Å²) in [7, 11) is 0. The lowest BCUT2D eigenvalue weighted by molar-refractivity contribution is -0.124. The van der Waals surface area contributed by atoms with Gasteiger partial charge < -0.3 is 14.8 Å². The van der Waals surface area contributed by atoms with Crippen LogP contribution in [0.2, 0.25) is 0 Å². The molecule has 0 bridgehead atoms. The van der Waals surface area contributed by atoms with Gasteiger partial charge in [-0.25, -0.2) is 4.79 Å². The Morgan fingerprint density at radius 3 is 2.75 bits per heavy atom. The lowest BCUT2D eigenvalue weighted by atomic mass is 10.2. The summed E-state index contributed by atoms with van der Waals surface area (Å²) < 4.78 is 11.4. The molecule has 0 saturated carbocycles. The second kappa shape index (κ2) is 7.58. The molecule has 1 atom stereocenters. The molecule has 1 fully saturated rings. The number of ether oxygens (including phenoxy) is 2. The quantitative estimate of drug-likeness (QED) is 0.616. The van der Waals surface area contributed by atoms with E-state index in [-0.39, 0.29) is 18.6 Å². The maximum atomic E-state index is 11.7. The molecule has 20 heavy (non-hydrogen) atoms. The van der Waals surface area contributed by atoms with E-state index in [1.165, 1.54) is 0 Å². The van der Waals surface area contributed by atoms with Gasteiger partial charge in [0, 0.05) is 16.7 Å². The number of carbonyl (C=O) groups is 2. The Labute approximate surface area is 131 Å². The first kappa shape index (κ1) is 15.2. The van der Waals surface area contributed by atoms with E-state index >= 15 is 0 Å². The Balaban J connectivity index is 1.69. The van der Waals surface area contributed by atoms with Crippen molar-refractivity contribution in [2.45, 2.75) is 18.9 Å². The number of esters is 1. The number of halogens is 1. The summed E-state index contributed by atoms with van der Waals surface area (Å²) >= 11 is 2.15. The number of rotatable bonds is 5. The highest BCUT2D eigenvalue weighted by Crippen LogP contribution is 2.10. The van der Waals surface area contributed by atoms with Gasteiger partial charge >= 0.3 is 5.97 Å². The van der Waals surface area contributed by atoms with E-state index in [2.05, 4.69) is 27.9 Å². The Kier molecular flexibility index (Phi) is 5.78. The Bertz CT molecular complexity index is 469. The summed E-state index contributed by atoms with van der Waals surface area (Å²) in [6, 6.07) is 6.98. The largest absolute Gasteiger partial charge is 0.452 e. The molecule has 1 heterocycles. The first-order valence-corrected chi connectivity index (χ1v) is 7.54. The molecule has 6 heteroatoms. The third-order valence-corrected chi connectivity index (χ3v) is 3.68. The zero-order chi connectivity index (χ0) is 14.4. The fourth-order valence-corrected chi connectivity index (χ4v) is 2.24. The van der Waals surface area contributed by atoms with Crippen molar-refractivity contribution in [1.82, 2.24) is 5.32 Å². The lowest BCUT2D eigenvalue weighted by Crippen LogP contribution is -2.34. The van der Waals surface area contributed by atoms with E-state index in [4.69, 9.17) is 9.47 Å². The molecule has 1 N–H and O–H groups in total. The number of hydrogen-bond donors (Lipinski definition) is 1. The highest BCUT2D eigenvalue weighted by Gasteiger charge is 2.16. The average molecular weight is 389 g/mol.